The number of hydrogen-bond donors (Lipinski definition) is 1. The summed E-state index contributed by atoms with van der Waals surface area (Å²) in [5.41, 5.74) is 3.11. The van der Waals surface area contributed by atoms with Crippen LogP contribution in [0.1, 0.15) is 30.5 Å². The van der Waals surface area contributed by atoms with Gasteiger partial charge in [0.25, 0.3) is 0 Å². The van der Waals surface area contributed by atoms with Gasteiger partial charge in [0.2, 0.25) is 10.0 Å². The molecule has 0 unspecified atom stereocenters. The monoisotopic (exact) mass is 520 g/mol. The maximum absolute atomic E-state index is 13.7. The largest absolute Gasteiger partial charge is 0.487 e. The van der Waals surface area contributed by atoms with Gasteiger partial charge in [-0.1, -0.05) is 85.8 Å². The minimum absolute atomic E-state index is 0.0985. The number of aliphatic hydroxyl groups is 1. The third-order valence-corrected chi connectivity index (χ3v) is 8.77. The summed E-state index contributed by atoms with van der Waals surface area (Å²) in [6.45, 7) is 5.15. The van der Waals surface area contributed by atoms with Crippen LogP contribution in [-0.4, -0.2) is 61.6 Å². The molecule has 0 radical (unpaired) electrons. The average molecular weight is 521 g/mol. The molecule has 3 atom stereocenters. The first-order valence-electron chi connectivity index (χ1n) is 12.7. The SMILES string of the molecule is C[C@H](CO)N1C[C@H](C)[C@@H](CN(C)Cc2ccccc2)Oc2cc(C=Cc3ccccc3)ccc2S1(=O)=O. The molecule has 6 nitrogen and oxygen atoms in total. The maximum Gasteiger partial charge on any atom is 0.247 e. The number of hydrogen-bond acceptors (Lipinski definition) is 5. The van der Waals surface area contributed by atoms with Gasteiger partial charge >= 0.3 is 0 Å². The van der Waals surface area contributed by atoms with Crippen molar-refractivity contribution in [3.63, 3.8) is 0 Å². The van der Waals surface area contributed by atoms with Crippen molar-refractivity contribution in [1.29, 1.82) is 0 Å². The highest BCUT2D eigenvalue weighted by Crippen LogP contribution is 2.34. The van der Waals surface area contributed by atoms with Crippen LogP contribution in [-0.2, 0) is 16.6 Å². The fraction of sp³-hybridized carbons (Fsp3) is 0.333. The van der Waals surface area contributed by atoms with Gasteiger partial charge in [-0.05, 0) is 42.8 Å². The Balaban J connectivity index is 1.68. The van der Waals surface area contributed by atoms with Crippen LogP contribution in [0.4, 0.5) is 0 Å². The number of benzene rings is 3. The van der Waals surface area contributed by atoms with Crippen LogP contribution in [0, 0.1) is 5.92 Å². The Bertz CT molecular complexity index is 1300. The Labute approximate surface area is 220 Å². The zero-order valence-electron chi connectivity index (χ0n) is 21.7. The summed E-state index contributed by atoms with van der Waals surface area (Å²) in [5, 5.41) is 9.86. The highest BCUT2D eigenvalue weighted by molar-refractivity contribution is 7.89. The highest BCUT2D eigenvalue weighted by atomic mass is 32.2. The van der Waals surface area contributed by atoms with Gasteiger partial charge in [-0.25, -0.2) is 8.42 Å². The van der Waals surface area contributed by atoms with Crippen LogP contribution >= 0.6 is 0 Å². The number of aliphatic hydroxyl groups excluding tert-OH is 1. The van der Waals surface area contributed by atoms with Crippen molar-refractivity contribution < 1.29 is 18.3 Å². The summed E-state index contributed by atoms with van der Waals surface area (Å²) in [5.74, 6) is 0.244. The summed E-state index contributed by atoms with van der Waals surface area (Å²) < 4.78 is 35.3. The lowest BCUT2D eigenvalue weighted by Gasteiger charge is -2.37. The molecule has 0 saturated carbocycles. The summed E-state index contributed by atoms with van der Waals surface area (Å²) in [4.78, 5) is 2.33. The lowest BCUT2D eigenvalue weighted by molar-refractivity contribution is 0.0733. The third kappa shape index (κ3) is 6.67. The van der Waals surface area contributed by atoms with E-state index in [0.717, 1.165) is 17.7 Å². The van der Waals surface area contributed by atoms with E-state index in [1.54, 1.807) is 25.1 Å². The smallest absolute Gasteiger partial charge is 0.247 e. The quantitative estimate of drug-likeness (QED) is 0.434. The first kappa shape index (κ1) is 27.1. The van der Waals surface area contributed by atoms with Crippen molar-refractivity contribution >= 4 is 22.2 Å². The average Bonchev–Trinajstić information content (AvgIpc) is 2.90. The van der Waals surface area contributed by atoms with E-state index in [9.17, 15) is 13.5 Å². The van der Waals surface area contributed by atoms with Crippen molar-refractivity contribution in [3.05, 3.63) is 95.6 Å². The van der Waals surface area contributed by atoms with E-state index in [1.807, 2.05) is 74.7 Å². The second kappa shape index (κ2) is 12.0. The van der Waals surface area contributed by atoms with E-state index in [4.69, 9.17) is 4.74 Å². The maximum atomic E-state index is 13.7. The summed E-state index contributed by atoms with van der Waals surface area (Å²) in [7, 11) is -1.81. The molecule has 3 aromatic rings. The number of nitrogens with zero attached hydrogens (tertiary/aromatic N) is 2. The van der Waals surface area contributed by atoms with Gasteiger partial charge in [0.1, 0.15) is 16.7 Å². The van der Waals surface area contributed by atoms with Gasteiger partial charge in [-0.15, -0.1) is 0 Å². The summed E-state index contributed by atoms with van der Waals surface area (Å²) in [6, 6.07) is 24.9. The van der Waals surface area contributed by atoms with Crippen LogP contribution in [0.25, 0.3) is 12.2 Å². The molecule has 0 spiro atoms. The minimum Gasteiger partial charge on any atom is -0.487 e. The molecule has 7 heteroatoms. The van der Waals surface area contributed by atoms with Crippen LogP contribution in [0.5, 0.6) is 5.75 Å². The Morgan fingerprint density at radius 2 is 1.68 bits per heavy atom. The van der Waals surface area contributed by atoms with Crippen LogP contribution < -0.4 is 4.74 Å². The van der Waals surface area contributed by atoms with Gasteiger partial charge in [-0.3, -0.25) is 4.90 Å². The Morgan fingerprint density at radius 3 is 2.35 bits per heavy atom. The molecule has 1 N–H and O–H groups in total. The lowest BCUT2D eigenvalue weighted by Crippen LogP contribution is -2.49. The molecule has 3 aromatic carbocycles. The van der Waals surface area contributed by atoms with E-state index >= 15 is 0 Å². The van der Waals surface area contributed by atoms with Gasteiger partial charge < -0.3 is 9.84 Å². The van der Waals surface area contributed by atoms with E-state index < -0.39 is 16.1 Å². The van der Waals surface area contributed by atoms with E-state index in [-0.39, 0.29) is 30.1 Å². The van der Waals surface area contributed by atoms with Crippen molar-refractivity contribution in [3.8, 4) is 5.75 Å². The second-order valence-electron chi connectivity index (χ2n) is 9.87. The molecular formula is C30H36N2O4S. The van der Waals surface area contributed by atoms with Gasteiger partial charge in [-0.2, -0.15) is 4.31 Å². The van der Waals surface area contributed by atoms with Crippen LogP contribution in [0.3, 0.4) is 0 Å². The highest BCUT2D eigenvalue weighted by Gasteiger charge is 2.38. The molecule has 0 bridgehead atoms. The fourth-order valence-electron chi connectivity index (χ4n) is 4.59. The van der Waals surface area contributed by atoms with E-state index in [0.29, 0.717) is 12.3 Å². The Morgan fingerprint density at radius 1 is 1.03 bits per heavy atom. The van der Waals surface area contributed by atoms with Crippen LogP contribution in [0.15, 0.2) is 83.8 Å². The number of rotatable bonds is 8. The standard InChI is InChI=1S/C30H36N2O4S/c1-23-19-32(24(2)22-33)37(34,35)30-17-16-26(15-14-25-10-6-4-7-11-25)18-28(30)36-29(23)21-31(3)20-27-12-8-5-9-13-27/h4-18,23-24,29,33H,19-22H2,1-3H3/t23-,24+,29+/m0/s1. The normalized spacial score (nSPS) is 20.7. The third-order valence-electron chi connectivity index (χ3n) is 6.75. The topological polar surface area (TPSA) is 70.1 Å². The zero-order valence-corrected chi connectivity index (χ0v) is 22.5. The van der Waals surface area contributed by atoms with E-state index in [2.05, 4.69) is 17.0 Å². The van der Waals surface area contributed by atoms with Crippen molar-refractivity contribution in [1.82, 2.24) is 9.21 Å². The fourth-order valence-corrected chi connectivity index (χ4v) is 6.41. The molecule has 0 amide bonds. The number of ether oxygens (including phenoxy) is 1. The molecule has 37 heavy (non-hydrogen) atoms. The van der Waals surface area contributed by atoms with Gasteiger partial charge in [0.05, 0.1) is 6.61 Å². The number of sulfonamides is 1. The van der Waals surface area contributed by atoms with Crippen molar-refractivity contribution in [2.24, 2.45) is 5.92 Å². The van der Waals surface area contributed by atoms with Crippen molar-refractivity contribution in [2.45, 2.75) is 37.4 Å². The molecule has 4 rings (SSSR count). The minimum atomic E-state index is -3.86. The summed E-state index contributed by atoms with van der Waals surface area (Å²) in [6.07, 6.45) is 3.70. The molecule has 196 valence electrons. The molecule has 0 aromatic heterocycles. The van der Waals surface area contributed by atoms with E-state index in [1.165, 1.54) is 9.87 Å². The second-order valence-corrected chi connectivity index (χ2v) is 11.7. The molecule has 0 saturated heterocycles. The van der Waals surface area contributed by atoms with Crippen LogP contribution in [0.2, 0.25) is 0 Å². The van der Waals surface area contributed by atoms with Gasteiger partial charge in [0, 0.05) is 31.6 Å². The molecule has 1 aliphatic rings. The predicted molar refractivity (Wildman–Crippen MR) is 149 cm³/mol. The molecule has 1 heterocycles. The molecule has 0 fully saturated rings. The first-order chi connectivity index (χ1) is 17.8. The van der Waals surface area contributed by atoms with Gasteiger partial charge in [0.15, 0.2) is 0 Å². The first-order valence-corrected chi connectivity index (χ1v) is 14.1. The Kier molecular flexibility index (Phi) is 8.82. The molecule has 1 aliphatic heterocycles. The number of likely N-dealkylation sites (N-methyl/N-ethyl adjacent to an activating group) is 1. The molecule has 0 aliphatic carbocycles. The predicted octanol–water partition coefficient (Wildman–Crippen LogP) is 4.76. The lowest BCUT2D eigenvalue weighted by atomic mass is 10.0. The summed E-state index contributed by atoms with van der Waals surface area (Å²) >= 11 is 0. The molecular weight excluding hydrogens is 484 g/mol. The van der Waals surface area contributed by atoms with Crippen molar-refractivity contribution in [2.75, 3.05) is 26.7 Å². The zero-order chi connectivity index (χ0) is 26.4. The number of fused-ring (bicyclic) bond motifs is 1. The Hall–Kier alpha value is -2.97.